The zero-order valence-electron chi connectivity index (χ0n) is 6.74. The van der Waals surface area contributed by atoms with Gasteiger partial charge in [0.25, 0.3) is 6.43 Å². The molecule has 66 valence electrons. The summed E-state index contributed by atoms with van der Waals surface area (Å²) in [5, 5.41) is 0. The van der Waals surface area contributed by atoms with Crippen LogP contribution in [0.5, 0.6) is 0 Å². The lowest BCUT2D eigenvalue weighted by atomic mass is 10.2. The fourth-order valence-corrected chi connectivity index (χ4v) is 1.16. The average Bonchev–Trinajstić information content (AvgIpc) is 1.99. The molecule has 1 nitrogen and oxygen atoms in total. The summed E-state index contributed by atoms with van der Waals surface area (Å²) >= 11 is 3.25. The lowest BCUT2D eigenvalue weighted by Crippen LogP contribution is -1.95. The maximum Gasteiger partial charge on any atom is 0.280 e. The van der Waals surface area contributed by atoms with Gasteiger partial charge >= 0.3 is 0 Å². The molecule has 0 fully saturated rings. The molecule has 0 spiro atoms. The number of alkyl halides is 2. The molecule has 0 saturated carbocycles. The molecule has 0 radical (unpaired) electrons. The molecular formula is C8H8BrF2N. The first-order valence-corrected chi connectivity index (χ1v) is 4.23. The van der Waals surface area contributed by atoms with Gasteiger partial charge in [-0.3, -0.25) is 4.98 Å². The molecule has 1 heterocycles. The van der Waals surface area contributed by atoms with E-state index in [9.17, 15) is 8.78 Å². The van der Waals surface area contributed by atoms with Gasteiger partial charge in [-0.1, -0.05) is 0 Å². The molecule has 1 aromatic rings. The molecule has 1 rings (SSSR count). The Labute approximate surface area is 77.9 Å². The van der Waals surface area contributed by atoms with Crippen LogP contribution in [0.15, 0.2) is 10.5 Å². The number of pyridine rings is 1. The van der Waals surface area contributed by atoms with Gasteiger partial charge < -0.3 is 0 Å². The molecule has 0 amide bonds. The molecule has 0 aliphatic carbocycles. The molecule has 0 aliphatic heterocycles. The van der Waals surface area contributed by atoms with Gasteiger partial charge in [-0.05, 0) is 41.4 Å². The maximum absolute atomic E-state index is 12.2. The molecule has 0 atom stereocenters. The SMILES string of the molecule is Cc1cc(C(F)F)nc(C)c1Br. The van der Waals surface area contributed by atoms with Crippen molar-refractivity contribution < 1.29 is 8.78 Å². The molecule has 0 saturated heterocycles. The minimum atomic E-state index is -2.49. The summed E-state index contributed by atoms with van der Waals surface area (Å²) in [6, 6.07) is 1.39. The Kier molecular flexibility index (Phi) is 2.77. The van der Waals surface area contributed by atoms with Crippen molar-refractivity contribution >= 4 is 15.9 Å². The molecule has 12 heavy (non-hydrogen) atoms. The van der Waals surface area contributed by atoms with Crippen molar-refractivity contribution in [1.82, 2.24) is 4.98 Å². The predicted octanol–water partition coefficient (Wildman–Crippen LogP) is 3.40. The third-order valence-electron chi connectivity index (χ3n) is 1.55. The van der Waals surface area contributed by atoms with Crippen LogP contribution in [0.3, 0.4) is 0 Å². The molecule has 0 aromatic carbocycles. The van der Waals surface area contributed by atoms with Gasteiger partial charge in [0.2, 0.25) is 0 Å². The van der Waals surface area contributed by atoms with E-state index < -0.39 is 6.43 Å². The van der Waals surface area contributed by atoms with E-state index in [4.69, 9.17) is 0 Å². The van der Waals surface area contributed by atoms with E-state index in [2.05, 4.69) is 20.9 Å². The average molecular weight is 236 g/mol. The fourth-order valence-electron chi connectivity index (χ4n) is 0.957. The van der Waals surface area contributed by atoms with E-state index in [1.165, 1.54) is 6.07 Å². The summed E-state index contributed by atoms with van der Waals surface area (Å²) in [7, 11) is 0. The highest BCUT2D eigenvalue weighted by atomic mass is 79.9. The van der Waals surface area contributed by atoms with Crippen molar-refractivity contribution in [1.29, 1.82) is 0 Å². The topological polar surface area (TPSA) is 12.9 Å². The van der Waals surface area contributed by atoms with Gasteiger partial charge in [-0.2, -0.15) is 0 Å². The number of aromatic nitrogens is 1. The number of rotatable bonds is 1. The van der Waals surface area contributed by atoms with E-state index in [1.807, 2.05) is 0 Å². The van der Waals surface area contributed by atoms with E-state index in [0.29, 0.717) is 5.69 Å². The number of hydrogen-bond donors (Lipinski definition) is 0. The van der Waals surface area contributed by atoms with Crippen LogP contribution in [0.4, 0.5) is 8.78 Å². The van der Waals surface area contributed by atoms with Crippen LogP contribution in [0.1, 0.15) is 23.4 Å². The Morgan fingerprint density at radius 2 is 2.00 bits per heavy atom. The molecule has 0 unspecified atom stereocenters. The van der Waals surface area contributed by atoms with Gasteiger partial charge in [0.05, 0.1) is 5.69 Å². The summed E-state index contributed by atoms with van der Waals surface area (Å²) in [5.74, 6) is 0. The quantitative estimate of drug-likeness (QED) is 0.728. The summed E-state index contributed by atoms with van der Waals surface area (Å²) in [5.41, 5.74) is 1.23. The van der Waals surface area contributed by atoms with Gasteiger partial charge in [0, 0.05) is 4.47 Å². The first-order chi connectivity index (χ1) is 5.52. The Morgan fingerprint density at radius 1 is 1.42 bits per heavy atom. The Morgan fingerprint density at radius 3 is 2.42 bits per heavy atom. The second-order valence-electron chi connectivity index (χ2n) is 2.56. The van der Waals surface area contributed by atoms with Crippen LogP contribution in [0.25, 0.3) is 0 Å². The lowest BCUT2D eigenvalue weighted by Gasteiger charge is -2.05. The van der Waals surface area contributed by atoms with Crippen molar-refractivity contribution in [2.24, 2.45) is 0 Å². The zero-order valence-corrected chi connectivity index (χ0v) is 8.32. The highest BCUT2D eigenvalue weighted by Gasteiger charge is 2.11. The zero-order chi connectivity index (χ0) is 9.30. The van der Waals surface area contributed by atoms with Crippen LogP contribution in [0.2, 0.25) is 0 Å². The highest BCUT2D eigenvalue weighted by molar-refractivity contribution is 9.10. The van der Waals surface area contributed by atoms with Crippen LogP contribution in [-0.2, 0) is 0 Å². The number of hydrogen-bond acceptors (Lipinski definition) is 1. The minimum Gasteiger partial charge on any atom is -0.251 e. The lowest BCUT2D eigenvalue weighted by molar-refractivity contribution is 0.145. The van der Waals surface area contributed by atoms with Crippen LogP contribution < -0.4 is 0 Å². The minimum absolute atomic E-state index is 0.159. The summed E-state index contributed by atoms with van der Waals surface area (Å²) in [4.78, 5) is 3.74. The second-order valence-corrected chi connectivity index (χ2v) is 3.36. The van der Waals surface area contributed by atoms with Gasteiger partial charge in [0.15, 0.2) is 0 Å². The van der Waals surface area contributed by atoms with E-state index in [-0.39, 0.29) is 5.69 Å². The summed E-state index contributed by atoms with van der Waals surface area (Å²) < 4.78 is 25.2. The van der Waals surface area contributed by atoms with Crippen LogP contribution >= 0.6 is 15.9 Å². The van der Waals surface area contributed by atoms with Gasteiger partial charge in [0.1, 0.15) is 5.69 Å². The molecule has 0 aliphatic rings. The van der Waals surface area contributed by atoms with Crippen molar-refractivity contribution in [2.75, 3.05) is 0 Å². The summed E-state index contributed by atoms with van der Waals surface area (Å²) in [6.45, 7) is 3.47. The molecule has 1 aromatic heterocycles. The third-order valence-corrected chi connectivity index (χ3v) is 2.75. The first kappa shape index (κ1) is 9.58. The molecule has 4 heteroatoms. The molecule has 0 N–H and O–H groups in total. The van der Waals surface area contributed by atoms with Crippen molar-refractivity contribution in [3.05, 3.63) is 27.5 Å². The highest BCUT2D eigenvalue weighted by Crippen LogP contribution is 2.24. The van der Waals surface area contributed by atoms with E-state index in [1.54, 1.807) is 13.8 Å². The maximum atomic E-state index is 12.2. The number of nitrogens with zero attached hydrogens (tertiary/aromatic N) is 1. The van der Waals surface area contributed by atoms with Crippen LogP contribution in [-0.4, -0.2) is 4.98 Å². The van der Waals surface area contributed by atoms with Gasteiger partial charge in [-0.25, -0.2) is 8.78 Å². The standard InChI is InChI=1S/C8H8BrF2N/c1-4-3-6(8(10)11)12-5(2)7(4)9/h3,8H,1-2H3. The van der Waals surface area contributed by atoms with E-state index in [0.717, 1.165) is 10.0 Å². The van der Waals surface area contributed by atoms with E-state index >= 15 is 0 Å². The van der Waals surface area contributed by atoms with Crippen molar-refractivity contribution in [3.63, 3.8) is 0 Å². The van der Waals surface area contributed by atoms with Gasteiger partial charge in [-0.15, -0.1) is 0 Å². The van der Waals surface area contributed by atoms with Crippen molar-refractivity contribution in [2.45, 2.75) is 20.3 Å². The normalized spacial score (nSPS) is 10.8. The number of aryl methyl sites for hydroxylation is 2. The second kappa shape index (κ2) is 3.47. The molecule has 0 bridgehead atoms. The largest absolute Gasteiger partial charge is 0.280 e. The first-order valence-electron chi connectivity index (χ1n) is 3.44. The Balaban J connectivity index is 3.21. The number of halogens is 3. The Bertz CT molecular complexity index is 276. The smallest absolute Gasteiger partial charge is 0.251 e. The Hall–Kier alpha value is -0.510. The fraction of sp³-hybridized carbons (Fsp3) is 0.375. The summed E-state index contributed by atoms with van der Waals surface area (Å²) in [6.07, 6.45) is -2.49. The van der Waals surface area contributed by atoms with Crippen molar-refractivity contribution in [3.8, 4) is 0 Å². The monoisotopic (exact) mass is 235 g/mol. The third kappa shape index (κ3) is 1.80. The predicted molar refractivity (Wildman–Crippen MR) is 46.4 cm³/mol. The van der Waals surface area contributed by atoms with Crippen LogP contribution in [0, 0.1) is 13.8 Å². The molecular weight excluding hydrogens is 228 g/mol.